The minimum atomic E-state index is -0.492. The summed E-state index contributed by atoms with van der Waals surface area (Å²) in [6, 6.07) is 2.29. The first-order valence-corrected chi connectivity index (χ1v) is 5.60. The maximum Gasteiger partial charge on any atom is 0.213 e. The molecule has 0 aliphatic carbocycles. The highest BCUT2D eigenvalue weighted by Crippen LogP contribution is 2.19. The molecule has 0 fully saturated rings. The van der Waals surface area contributed by atoms with Crippen LogP contribution in [0.5, 0.6) is 0 Å². The highest BCUT2D eigenvalue weighted by molar-refractivity contribution is 5.46. The lowest BCUT2D eigenvalue weighted by molar-refractivity contribution is 0.477. The summed E-state index contributed by atoms with van der Waals surface area (Å²) in [4.78, 5) is 4.15. The Morgan fingerprint density at radius 2 is 1.89 bits per heavy atom. The fourth-order valence-corrected chi connectivity index (χ4v) is 1.57. The number of benzene rings is 1. The Morgan fingerprint density at radius 3 is 2.50 bits per heavy atom. The Labute approximate surface area is 104 Å². The van der Waals surface area contributed by atoms with Crippen LogP contribution < -0.4 is 5.32 Å². The van der Waals surface area contributed by atoms with Crippen LogP contribution in [0, 0.1) is 32.4 Å². The van der Waals surface area contributed by atoms with E-state index >= 15 is 0 Å². The largest absolute Gasteiger partial charge is 0.444 e. The third-order valence-electron chi connectivity index (χ3n) is 2.75. The number of halogens is 2. The molecule has 0 atom stereocenters. The number of nitrogens with one attached hydrogen (secondary N) is 1. The minimum absolute atomic E-state index is 0.103. The van der Waals surface area contributed by atoms with Crippen molar-refractivity contribution in [3.63, 3.8) is 0 Å². The average molecular weight is 252 g/mol. The van der Waals surface area contributed by atoms with Gasteiger partial charge < -0.3 is 9.73 Å². The van der Waals surface area contributed by atoms with Crippen LogP contribution in [0.15, 0.2) is 16.5 Å². The van der Waals surface area contributed by atoms with Gasteiger partial charge in [0.2, 0.25) is 5.89 Å². The van der Waals surface area contributed by atoms with Gasteiger partial charge in [-0.15, -0.1) is 0 Å². The summed E-state index contributed by atoms with van der Waals surface area (Å²) in [5.41, 5.74) is 1.18. The molecule has 96 valence electrons. The molecule has 0 amide bonds. The van der Waals surface area contributed by atoms with E-state index < -0.39 is 11.6 Å². The predicted octanol–water partition coefficient (Wildman–Crippen LogP) is 3.49. The van der Waals surface area contributed by atoms with Gasteiger partial charge >= 0.3 is 0 Å². The fourth-order valence-electron chi connectivity index (χ4n) is 1.57. The van der Waals surface area contributed by atoms with Crippen molar-refractivity contribution >= 4 is 5.69 Å². The molecule has 2 rings (SSSR count). The van der Waals surface area contributed by atoms with Gasteiger partial charge in [-0.3, -0.25) is 0 Å². The topological polar surface area (TPSA) is 38.1 Å². The van der Waals surface area contributed by atoms with Crippen LogP contribution in [-0.4, -0.2) is 4.98 Å². The van der Waals surface area contributed by atoms with Crippen molar-refractivity contribution in [1.29, 1.82) is 0 Å². The van der Waals surface area contributed by atoms with Crippen molar-refractivity contribution in [2.75, 3.05) is 5.32 Å². The van der Waals surface area contributed by atoms with E-state index in [0.717, 1.165) is 23.6 Å². The summed E-state index contributed by atoms with van der Waals surface area (Å²) in [5, 5.41) is 2.77. The first-order chi connectivity index (χ1) is 8.47. The molecule has 0 unspecified atom stereocenters. The molecular formula is C13H14F2N2O. The first kappa shape index (κ1) is 12.5. The minimum Gasteiger partial charge on any atom is -0.444 e. The van der Waals surface area contributed by atoms with E-state index in [1.54, 1.807) is 6.92 Å². The van der Waals surface area contributed by atoms with Crippen LogP contribution in [-0.2, 0) is 6.54 Å². The van der Waals surface area contributed by atoms with Gasteiger partial charge in [-0.25, -0.2) is 13.8 Å². The lowest BCUT2D eigenvalue weighted by Gasteiger charge is -2.07. The van der Waals surface area contributed by atoms with E-state index in [0.29, 0.717) is 5.89 Å². The number of nitrogens with zero attached hydrogens (tertiary/aromatic N) is 1. The van der Waals surface area contributed by atoms with Gasteiger partial charge in [0.15, 0.2) is 0 Å². The number of rotatable bonds is 3. The molecule has 1 aromatic carbocycles. The quantitative estimate of drug-likeness (QED) is 0.908. The van der Waals surface area contributed by atoms with Crippen LogP contribution in [0.25, 0.3) is 0 Å². The molecule has 2 aromatic rings. The van der Waals surface area contributed by atoms with Crippen molar-refractivity contribution in [3.05, 3.63) is 46.7 Å². The molecule has 1 aromatic heterocycles. The SMILES string of the molecule is Cc1cc(F)c(NCc2nc(C)c(C)o2)cc1F. The molecule has 0 spiro atoms. The number of aromatic nitrogens is 1. The zero-order valence-corrected chi connectivity index (χ0v) is 10.5. The van der Waals surface area contributed by atoms with Gasteiger partial charge in [-0.05, 0) is 32.4 Å². The Bertz CT molecular complexity index is 559. The second kappa shape index (κ2) is 4.76. The summed E-state index contributed by atoms with van der Waals surface area (Å²) in [6.07, 6.45) is 0. The highest BCUT2D eigenvalue weighted by Gasteiger charge is 2.09. The van der Waals surface area contributed by atoms with Crippen LogP contribution in [0.1, 0.15) is 22.9 Å². The van der Waals surface area contributed by atoms with E-state index in [1.807, 2.05) is 6.92 Å². The zero-order chi connectivity index (χ0) is 13.3. The molecule has 3 nitrogen and oxygen atoms in total. The lowest BCUT2D eigenvalue weighted by atomic mass is 10.2. The lowest BCUT2D eigenvalue weighted by Crippen LogP contribution is -2.03. The van der Waals surface area contributed by atoms with Crippen molar-refractivity contribution in [1.82, 2.24) is 4.98 Å². The molecule has 1 heterocycles. The van der Waals surface area contributed by atoms with Crippen LogP contribution in [0.3, 0.4) is 0 Å². The maximum absolute atomic E-state index is 13.5. The van der Waals surface area contributed by atoms with Crippen molar-refractivity contribution in [3.8, 4) is 0 Å². The van der Waals surface area contributed by atoms with Crippen LogP contribution in [0.2, 0.25) is 0 Å². The molecular weight excluding hydrogens is 238 g/mol. The molecule has 0 radical (unpaired) electrons. The Kier molecular flexibility index (Phi) is 3.32. The van der Waals surface area contributed by atoms with E-state index in [9.17, 15) is 8.78 Å². The number of oxazole rings is 1. The Hall–Kier alpha value is -1.91. The standard InChI is InChI=1S/C13H14F2N2O/c1-7-4-11(15)12(5-10(7)14)16-6-13-17-8(2)9(3)18-13/h4-5,16H,6H2,1-3H3. The van der Waals surface area contributed by atoms with E-state index in [-0.39, 0.29) is 17.8 Å². The molecule has 0 saturated carbocycles. The second-order valence-corrected chi connectivity index (χ2v) is 4.18. The molecule has 5 heteroatoms. The molecule has 18 heavy (non-hydrogen) atoms. The normalized spacial score (nSPS) is 10.7. The highest BCUT2D eigenvalue weighted by atomic mass is 19.1. The number of hydrogen-bond donors (Lipinski definition) is 1. The summed E-state index contributed by atoms with van der Waals surface area (Å²) < 4.78 is 32.2. The molecule has 0 bridgehead atoms. The summed E-state index contributed by atoms with van der Waals surface area (Å²) in [7, 11) is 0. The monoisotopic (exact) mass is 252 g/mol. The van der Waals surface area contributed by atoms with Gasteiger partial charge in [0.1, 0.15) is 17.4 Å². The van der Waals surface area contributed by atoms with Gasteiger partial charge in [-0.2, -0.15) is 0 Å². The Balaban J connectivity index is 2.13. The molecule has 0 aliphatic heterocycles. The second-order valence-electron chi connectivity index (χ2n) is 4.18. The van der Waals surface area contributed by atoms with E-state index in [1.165, 1.54) is 6.92 Å². The molecule has 0 aliphatic rings. The van der Waals surface area contributed by atoms with Crippen LogP contribution >= 0.6 is 0 Å². The third kappa shape index (κ3) is 2.50. The fraction of sp³-hybridized carbons (Fsp3) is 0.308. The van der Waals surface area contributed by atoms with Crippen molar-refractivity contribution in [2.45, 2.75) is 27.3 Å². The average Bonchev–Trinajstić information content (AvgIpc) is 2.62. The molecule has 1 N–H and O–H groups in total. The van der Waals surface area contributed by atoms with E-state index in [2.05, 4.69) is 10.3 Å². The van der Waals surface area contributed by atoms with Gasteiger partial charge in [0.05, 0.1) is 17.9 Å². The zero-order valence-electron chi connectivity index (χ0n) is 10.5. The van der Waals surface area contributed by atoms with Gasteiger partial charge in [-0.1, -0.05) is 0 Å². The Morgan fingerprint density at radius 1 is 1.17 bits per heavy atom. The summed E-state index contributed by atoms with van der Waals surface area (Å²) >= 11 is 0. The summed E-state index contributed by atoms with van der Waals surface area (Å²) in [6.45, 7) is 5.36. The number of anilines is 1. The van der Waals surface area contributed by atoms with Crippen LogP contribution in [0.4, 0.5) is 14.5 Å². The summed E-state index contributed by atoms with van der Waals surface area (Å²) in [5.74, 6) is 0.236. The van der Waals surface area contributed by atoms with Gasteiger partial charge in [0, 0.05) is 6.07 Å². The first-order valence-electron chi connectivity index (χ1n) is 5.60. The van der Waals surface area contributed by atoms with Crippen molar-refractivity contribution in [2.24, 2.45) is 0 Å². The smallest absolute Gasteiger partial charge is 0.213 e. The maximum atomic E-state index is 13.5. The molecule has 0 saturated heterocycles. The number of aryl methyl sites for hydroxylation is 3. The van der Waals surface area contributed by atoms with Crippen molar-refractivity contribution < 1.29 is 13.2 Å². The predicted molar refractivity (Wildman–Crippen MR) is 64.4 cm³/mol. The van der Waals surface area contributed by atoms with E-state index in [4.69, 9.17) is 4.42 Å². The van der Waals surface area contributed by atoms with Gasteiger partial charge in [0.25, 0.3) is 0 Å². The number of hydrogen-bond acceptors (Lipinski definition) is 3. The third-order valence-corrected chi connectivity index (χ3v) is 2.75.